The van der Waals surface area contributed by atoms with Crippen molar-refractivity contribution in [1.82, 2.24) is 4.90 Å². The van der Waals surface area contributed by atoms with Crippen LogP contribution in [0.4, 0.5) is 11.4 Å². The van der Waals surface area contributed by atoms with Gasteiger partial charge < -0.3 is 14.7 Å². The molecule has 0 N–H and O–H groups in total. The number of para-hydroxylation sites is 2. The van der Waals surface area contributed by atoms with Crippen LogP contribution in [-0.2, 0) is 11.2 Å². The van der Waals surface area contributed by atoms with Gasteiger partial charge in [0.25, 0.3) is 0 Å². The van der Waals surface area contributed by atoms with Gasteiger partial charge in [0.2, 0.25) is 5.91 Å². The number of nitrogens with zero attached hydrogens (tertiary/aromatic N) is 3. The number of benzene rings is 1. The minimum atomic E-state index is 0.225. The van der Waals surface area contributed by atoms with Crippen LogP contribution in [0.15, 0.2) is 41.8 Å². The lowest BCUT2D eigenvalue weighted by Crippen LogP contribution is -2.45. The molecule has 5 heteroatoms. The van der Waals surface area contributed by atoms with Crippen LogP contribution in [0.5, 0.6) is 0 Å². The van der Waals surface area contributed by atoms with E-state index in [2.05, 4.69) is 53.5 Å². The summed E-state index contributed by atoms with van der Waals surface area (Å²) in [4.78, 5) is 20.6. The maximum atomic E-state index is 12.7. The molecule has 1 aromatic heterocycles. The van der Waals surface area contributed by atoms with Gasteiger partial charge in [-0.1, -0.05) is 18.2 Å². The summed E-state index contributed by atoms with van der Waals surface area (Å²) in [6.07, 6.45) is 1.41. The Balaban J connectivity index is 1.70. The first-order chi connectivity index (χ1) is 11.6. The topological polar surface area (TPSA) is 26.8 Å². The molecule has 0 radical (unpaired) electrons. The van der Waals surface area contributed by atoms with Crippen molar-refractivity contribution in [3.8, 4) is 0 Å². The molecule has 0 unspecified atom stereocenters. The lowest BCUT2D eigenvalue weighted by Gasteiger charge is -2.38. The largest absolute Gasteiger partial charge is 0.367 e. The van der Waals surface area contributed by atoms with Gasteiger partial charge in [0.1, 0.15) is 0 Å². The highest BCUT2D eigenvalue weighted by Gasteiger charge is 2.26. The third kappa shape index (κ3) is 3.97. The zero-order valence-corrected chi connectivity index (χ0v) is 15.3. The van der Waals surface area contributed by atoms with E-state index in [0.717, 1.165) is 38.3 Å². The summed E-state index contributed by atoms with van der Waals surface area (Å²) in [5.41, 5.74) is 2.23. The molecule has 2 heterocycles. The molecule has 1 aromatic carbocycles. The van der Waals surface area contributed by atoms with E-state index in [9.17, 15) is 4.79 Å². The highest BCUT2D eigenvalue weighted by atomic mass is 32.1. The number of anilines is 2. The summed E-state index contributed by atoms with van der Waals surface area (Å²) >= 11 is 1.72. The Bertz CT molecular complexity index is 669. The smallest absolute Gasteiger partial charge is 0.227 e. The zero-order chi connectivity index (χ0) is 16.9. The first-order valence-electron chi connectivity index (χ1n) is 8.46. The van der Waals surface area contributed by atoms with Crippen LogP contribution in [0, 0.1) is 0 Å². The molecule has 2 aromatic rings. The average Bonchev–Trinajstić information content (AvgIpc) is 3.11. The van der Waals surface area contributed by atoms with Crippen molar-refractivity contribution in [3.63, 3.8) is 0 Å². The van der Waals surface area contributed by atoms with Crippen molar-refractivity contribution in [2.45, 2.75) is 12.8 Å². The van der Waals surface area contributed by atoms with Gasteiger partial charge in [-0.3, -0.25) is 4.79 Å². The molecule has 1 aliphatic rings. The molecule has 1 amide bonds. The predicted molar refractivity (Wildman–Crippen MR) is 102 cm³/mol. The zero-order valence-electron chi connectivity index (χ0n) is 14.4. The van der Waals surface area contributed by atoms with Gasteiger partial charge in [-0.25, -0.2) is 0 Å². The highest BCUT2D eigenvalue weighted by molar-refractivity contribution is 7.09. The number of hydrogen-bond donors (Lipinski definition) is 0. The quantitative estimate of drug-likeness (QED) is 0.806. The average molecular weight is 343 g/mol. The Morgan fingerprint density at radius 3 is 2.62 bits per heavy atom. The van der Waals surface area contributed by atoms with E-state index in [0.29, 0.717) is 6.42 Å². The number of carbonyl (C=O) groups is 1. The first-order valence-corrected chi connectivity index (χ1v) is 9.34. The summed E-state index contributed by atoms with van der Waals surface area (Å²) in [6.45, 7) is 3.67. The molecule has 128 valence electrons. The van der Waals surface area contributed by atoms with E-state index in [1.807, 2.05) is 17.0 Å². The Morgan fingerprint density at radius 2 is 1.92 bits per heavy atom. The maximum absolute atomic E-state index is 12.7. The second-order valence-corrected chi connectivity index (χ2v) is 7.44. The number of thiophene rings is 1. The van der Waals surface area contributed by atoms with E-state index in [1.54, 1.807) is 11.3 Å². The summed E-state index contributed by atoms with van der Waals surface area (Å²) in [5.74, 6) is 0.225. The predicted octanol–water partition coefficient (Wildman–Crippen LogP) is 3.10. The Morgan fingerprint density at radius 1 is 1.12 bits per heavy atom. The Hall–Kier alpha value is -1.85. The van der Waals surface area contributed by atoms with E-state index >= 15 is 0 Å². The highest BCUT2D eigenvalue weighted by Crippen LogP contribution is 2.33. The van der Waals surface area contributed by atoms with E-state index in [4.69, 9.17) is 0 Å². The number of rotatable bonds is 6. The third-order valence-electron chi connectivity index (χ3n) is 4.39. The standard InChI is InChI=1S/C19H25N3OS/c1-20(2)11-12-21-13-14-22(18-8-4-3-7-17(18)21)19(23)10-9-16-6-5-15-24-16/h3-8,15H,9-14H2,1-2H3. The molecule has 0 aliphatic carbocycles. The van der Waals surface area contributed by atoms with Gasteiger partial charge in [0.05, 0.1) is 11.4 Å². The van der Waals surface area contributed by atoms with Crippen molar-refractivity contribution in [1.29, 1.82) is 0 Å². The fourth-order valence-electron chi connectivity index (χ4n) is 3.05. The molecule has 3 rings (SSSR count). The van der Waals surface area contributed by atoms with Crippen molar-refractivity contribution >= 4 is 28.6 Å². The minimum absolute atomic E-state index is 0.225. The van der Waals surface area contributed by atoms with Crippen LogP contribution in [0.1, 0.15) is 11.3 Å². The number of hydrogen-bond acceptors (Lipinski definition) is 4. The minimum Gasteiger partial charge on any atom is -0.367 e. The van der Waals surface area contributed by atoms with E-state index in [-0.39, 0.29) is 5.91 Å². The lowest BCUT2D eigenvalue weighted by atomic mass is 10.1. The molecule has 4 nitrogen and oxygen atoms in total. The fraction of sp³-hybridized carbons (Fsp3) is 0.421. The molecule has 1 aliphatic heterocycles. The number of likely N-dealkylation sites (N-methyl/N-ethyl adjacent to an activating group) is 1. The van der Waals surface area contributed by atoms with Gasteiger partial charge in [0.15, 0.2) is 0 Å². The second-order valence-electron chi connectivity index (χ2n) is 6.40. The van der Waals surface area contributed by atoms with Crippen LogP contribution in [-0.4, -0.2) is 51.1 Å². The number of carbonyl (C=O) groups excluding carboxylic acids is 1. The van der Waals surface area contributed by atoms with Gasteiger partial charge in [-0.05, 0) is 44.1 Å². The van der Waals surface area contributed by atoms with Gasteiger partial charge >= 0.3 is 0 Å². The molecule has 0 saturated heterocycles. The van der Waals surface area contributed by atoms with Crippen LogP contribution in [0.3, 0.4) is 0 Å². The van der Waals surface area contributed by atoms with Gasteiger partial charge in [-0.15, -0.1) is 11.3 Å². The lowest BCUT2D eigenvalue weighted by molar-refractivity contribution is -0.118. The molecule has 0 atom stereocenters. The molecule has 0 bridgehead atoms. The van der Waals surface area contributed by atoms with Crippen molar-refractivity contribution in [3.05, 3.63) is 46.7 Å². The number of fused-ring (bicyclic) bond motifs is 1. The van der Waals surface area contributed by atoms with Crippen molar-refractivity contribution in [2.75, 3.05) is 50.1 Å². The van der Waals surface area contributed by atoms with E-state index < -0.39 is 0 Å². The van der Waals surface area contributed by atoms with Crippen LogP contribution in [0.2, 0.25) is 0 Å². The molecule has 0 fully saturated rings. The van der Waals surface area contributed by atoms with Gasteiger partial charge in [-0.2, -0.15) is 0 Å². The van der Waals surface area contributed by atoms with Gasteiger partial charge in [0, 0.05) is 37.5 Å². The van der Waals surface area contributed by atoms with Crippen molar-refractivity contribution < 1.29 is 4.79 Å². The summed E-state index contributed by atoms with van der Waals surface area (Å²) in [5, 5.41) is 2.07. The summed E-state index contributed by atoms with van der Waals surface area (Å²) in [7, 11) is 4.19. The van der Waals surface area contributed by atoms with E-state index in [1.165, 1.54) is 10.6 Å². The molecular formula is C19H25N3OS. The summed E-state index contributed by atoms with van der Waals surface area (Å²) in [6, 6.07) is 12.4. The first kappa shape index (κ1) is 17.0. The fourth-order valence-corrected chi connectivity index (χ4v) is 3.76. The Kier molecular flexibility index (Phi) is 5.53. The Labute approximate surface area is 148 Å². The molecule has 0 spiro atoms. The van der Waals surface area contributed by atoms with Crippen LogP contribution in [0.25, 0.3) is 0 Å². The molecule has 0 saturated carbocycles. The van der Waals surface area contributed by atoms with Crippen LogP contribution >= 0.6 is 11.3 Å². The third-order valence-corrected chi connectivity index (χ3v) is 5.33. The van der Waals surface area contributed by atoms with Crippen molar-refractivity contribution in [2.24, 2.45) is 0 Å². The monoisotopic (exact) mass is 343 g/mol. The summed E-state index contributed by atoms with van der Waals surface area (Å²) < 4.78 is 0. The SMILES string of the molecule is CN(C)CCN1CCN(C(=O)CCc2cccs2)c2ccccc21. The number of amides is 1. The molecular weight excluding hydrogens is 318 g/mol. The second kappa shape index (κ2) is 7.81. The van der Waals surface area contributed by atoms with Crippen LogP contribution < -0.4 is 9.80 Å². The molecule has 24 heavy (non-hydrogen) atoms. The maximum Gasteiger partial charge on any atom is 0.227 e. The number of aryl methyl sites for hydroxylation is 1. The normalized spacial score (nSPS) is 14.1.